The smallest absolute Gasteiger partial charge is 0.225 e. The summed E-state index contributed by atoms with van der Waals surface area (Å²) in [6, 6.07) is 9.68. The van der Waals surface area contributed by atoms with Gasteiger partial charge in [0.1, 0.15) is 0 Å². The zero-order valence-electron chi connectivity index (χ0n) is 14.6. The molecule has 2 amide bonds. The van der Waals surface area contributed by atoms with Crippen LogP contribution in [0.4, 0.5) is 0 Å². The Morgan fingerprint density at radius 3 is 2.84 bits per heavy atom. The van der Waals surface area contributed by atoms with E-state index in [-0.39, 0.29) is 30.7 Å². The fraction of sp³-hybridized carbons (Fsp3) is 0.421. The SMILES string of the molecule is CC(C)CN1CC(C(=O)NCc2ncc(-c3ccccc3)o2)CC1=O. The average Bonchev–Trinajstić information content (AvgIpc) is 3.20. The van der Waals surface area contributed by atoms with Crippen LogP contribution < -0.4 is 5.32 Å². The first-order valence-electron chi connectivity index (χ1n) is 8.58. The largest absolute Gasteiger partial charge is 0.439 e. The van der Waals surface area contributed by atoms with Crippen molar-refractivity contribution in [2.45, 2.75) is 26.8 Å². The molecule has 0 saturated carbocycles. The van der Waals surface area contributed by atoms with Gasteiger partial charge in [0.25, 0.3) is 0 Å². The lowest BCUT2D eigenvalue weighted by Crippen LogP contribution is -2.33. The maximum absolute atomic E-state index is 12.3. The van der Waals surface area contributed by atoms with Crippen LogP contribution in [0.25, 0.3) is 11.3 Å². The summed E-state index contributed by atoms with van der Waals surface area (Å²) >= 11 is 0. The Morgan fingerprint density at radius 1 is 1.36 bits per heavy atom. The molecule has 1 aromatic carbocycles. The third-order valence-electron chi connectivity index (χ3n) is 4.20. The molecular weight excluding hydrogens is 318 g/mol. The average molecular weight is 341 g/mol. The summed E-state index contributed by atoms with van der Waals surface area (Å²) in [7, 11) is 0. The first-order valence-corrected chi connectivity index (χ1v) is 8.58. The van der Waals surface area contributed by atoms with Gasteiger partial charge in [0.15, 0.2) is 5.76 Å². The lowest BCUT2D eigenvalue weighted by Gasteiger charge is -2.18. The van der Waals surface area contributed by atoms with E-state index in [1.54, 1.807) is 11.1 Å². The summed E-state index contributed by atoms with van der Waals surface area (Å²) in [5.41, 5.74) is 0.943. The summed E-state index contributed by atoms with van der Waals surface area (Å²) in [5.74, 6) is 1.15. The number of aromatic nitrogens is 1. The van der Waals surface area contributed by atoms with Gasteiger partial charge in [-0.3, -0.25) is 9.59 Å². The Bertz CT molecular complexity index is 739. The number of carbonyl (C=O) groups excluding carboxylic acids is 2. The number of hydrogen-bond acceptors (Lipinski definition) is 4. The summed E-state index contributed by atoms with van der Waals surface area (Å²) in [6.45, 7) is 5.54. The first kappa shape index (κ1) is 17.2. The third kappa shape index (κ3) is 4.26. The van der Waals surface area contributed by atoms with Gasteiger partial charge in [-0.2, -0.15) is 0 Å². The normalized spacial score (nSPS) is 17.3. The number of amides is 2. The van der Waals surface area contributed by atoms with E-state index in [0.717, 1.165) is 5.56 Å². The van der Waals surface area contributed by atoms with Crippen LogP contribution in [0.1, 0.15) is 26.2 Å². The van der Waals surface area contributed by atoms with Crippen molar-refractivity contribution in [1.82, 2.24) is 15.2 Å². The molecule has 25 heavy (non-hydrogen) atoms. The lowest BCUT2D eigenvalue weighted by atomic mass is 10.1. The minimum atomic E-state index is -0.296. The van der Waals surface area contributed by atoms with Crippen LogP contribution in [0.5, 0.6) is 0 Å². The quantitative estimate of drug-likeness (QED) is 0.876. The number of rotatable bonds is 6. The van der Waals surface area contributed by atoms with Gasteiger partial charge < -0.3 is 14.6 Å². The second kappa shape index (κ2) is 7.51. The highest BCUT2D eigenvalue weighted by molar-refractivity contribution is 5.89. The van der Waals surface area contributed by atoms with Crippen molar-refractivity contribution in [1.29, 1.82) is 0 Å². The van der Waals surface area contributed by atoms with Crippen molar-refractivity contribution in [3.63, 3.8) is 0 Å². The topological polar surface area (TPSA) is 75.4 Å². The van der Waals surface area contributed by atoms with E-state index in [9.17, 15) is 9.59 Å². The predicted molar refractivity (Wildman–Crippen MR) is 93.3 cm³/mol. The van der Waals surface area contributed by atoms with Gasteiger partial charge in [-0.25, -0.2) is 4.98 Å². The van der Waals surface area contributed by atoms with Crippen LogP contribution in [0, 0.1) is 11.8 Å². The molecule has 1 saturated heterocycles. The van der Waals surface area contributed by atoms with Crippen LogP contribution in [-0.4, -0.2) is 34.8 Å². The number of oxazole rings is 1. The highest BCUT2D eigenvalue weighted by Crippen LogP contribution is 2.21. The number of nitrogens with zero attached hydrogens (tertiary/aromatic N) is 2. The molecule has 2 heterocycles. The van der Waals surface area contributed by atoms with Gasteiger partial charge in [-0.1, -0.05) is 44.2 Å². The molecule has 1 aliphatic rings. The molecule has 1 aliphatic heterocycles. The zero-order valence-corrected chi connectivity index (χ0v) is 14.6. The van der Waals surface area contributed by atoms with Gasteiger partial charge in [-0.15, -0.1) is 0 Å². The summed E-state index contributed by atoms with van der Waals surface area (Å²) in [6.07, 6.45) is 1.93. The molecule has 0 spiro atoms. The Morgan fingerprint density at radius 2 is 2.12 bits per heavy atom. The number of carbonyl (C=O) groups is 2. The van der Waals surface area contributed by atoms with E-state index in [4.69, 9.17) is 4.42 Å². The van der Waals surface area contributed by atoms with Crippen molar-refractivity contribution >= 4 is 11.8 Å². The summed E-state index contributed by atoms with van der Waals surface area (Å²) in [5, 5.41) is 2.83. The van der Waals surface area contributed by atoms with Gasteiger partial charge in [0.05, 0.1) is 18.7 Å². The Hall–Kier alpha value is -2.63. The molecular formula is C19H23N3O3. The fourth-order valence-electron chi connectivity index (χ4n) is 3.00. The molecule has 1 fully saturated rings. The molecule has 6 heteroatoms. The van der Waals surface area contributed by atoms with Gasteiger partial charge >= 0.3 is 0 Å². The Labute approximate surface area is 147 Å². The molecule has 1 aromatic heterocycles. The molecule has 2 aromatic rings. The van der Waals surface area contributed by atoms with Crippen molar-refractivity contribution in [3.8, 4) is 11.3 Å². The van der Waals surface area contributed by atoms with Crippen LogP contribution in [-0.2, 0) is 16.1 Å². The standard InChI is InChI=1S/C19H23N3O3/c1-13(2)11-22-12-15(8-18(22)23)19(24)21-10-17-20-9-16(25-17)14-6-4-3-5-7-14/h3-7,9,13,15H,8,10-12H2,1-2H3,(H,21,24). The Kier molecular flexibility index (Phi) is 5.16. The van der Waals surface area contributed by atoms with Gasteiger partial charge in [0, 0.05) is 25.1 Å². The van der Waals surface area contributed by atoms with Crippen molar-refractivity contribution < 1.29 is 14.0 Å². The highest BCUT2D eigenvalue weighted by atomic mass is 16.4. The minimum Gasteiger partial charge on any atom is -0.439 e. The number of hydrogen-bond donors (Lipinski definition) is 1. The van der Waals surface area contributed by atoms with Crippen molar-refractivity contribution in [2.24, 2.45) is 11.8 Å². The summed E-state index contributed by atoms with van der Waals surface area (Å²) < 4.78 is 5.67. The van der Waals surface area contributed by atoms with E-state index in [2.05, 4.69) is 24.1 Å². The van der Waals surface area contributed by atoms with E-state index in [1.807, 2.05) is 30.3 Å². The maximum Gasteiger partial charge on any atom is 0.225 e. The molecule has 1 unspecified atom stereocenters. The molecule has 1 N–H and O–H groups in total. The van der Waals surface area contributed by atoms with E-state index in [1.165, 1.54) is 0 Å². The molecule has 0 radical (unpaired) electrons. The van der Waals surface area contributed by atoms with Crippen molar-refractivity contribution in [3.05, 3.63) is 42.4 Å². The third-order valence-corrected chi connectivity index (χ3v) is 4.20. The monoisotopic (exact) mass is 341 g/mol. The van der Waals surface area contributed by atoms with Crippen LogP contribution in [0.2, 0.25) is 0 Å². The number of nitrogens with one attached hydrogen (secondary N) is 1. The minimum absolute atomic E-state index is 0.0522. The van der Waals surface area contributed by atoms with Gasteiger partial charge in [0.2, 0.25) is 17.7 Å². The highest BCUT2D eigenvalue weighted by Gasteiger charge is 2.34. The number of benzene rings is 1. The predicted octanol–water partition coefficient (Wildman–Crippen LogP) is 2.46. The molecule has 1 atom stereocenters. The molecule has 132 valence electrons. The van der Waals surface area contributed by atoms with E-state index >= 15 is 0 Å². The lowest BCUT2D eigenvalue weighted by molar-refractivity contribution is -0.129. The molecule has 0 aliphatic carbocycles. The molecule has 0 bridgehead atoms. The second-order valence-corrected chi connectivity index (χ2v) is 6.80. The Balaban J connectivity index is 1.53. The van der Waals surface area contributed by atoms with Crippen LogP contribution in [0.15, 0.2) is 40.9 Å². The zero-order chi connectivity index (χ0) is 17.8. The molecule has 6 nitrogen and oxygen atoms in total. The van der Waals surface area contributed by atoms with E-state index in [0.29, 0.717) is 30.7 Å². The van der Waals surface area contributed by atoms with Crippen LogP contribution in [0.3, 0.4) is 0 Å². The summed E-state index contributed by atoms with van der Waals surface area (Å²) in [4.78, 5) is 30.3. The van der Waals surface area contributed by atoms with Crippen LogP contribution >= 0.6 is 0 Å². The first-order chi connectivity index (χ1) is 12.0. The van der Waals surface area contributed by atoms with Gasteiger partial charge in [-0.05, 0) is 5.92 Å². The van der Waals surface area contributed by atoms with Crippen molar-refractivity contribution in [2.75, 3.05) is 13.1 Å². The van der Waals surface area contributed by atoms with E-state index < -0.39 is 0 Å². The fourth-order valence-corrected chi connectivity index (χ4v) is 3.00. The maximum atomic E-state index is 12.3. The second-order valence-electron chi connectivity index (χ2n) is 6.80. The number of likely N-dealkylation sites (tertiary alicyclic amines) is 1. The molecule has 3 rings (SSSR count).